The Labute approximate surface area is 173 Å². The number of hydrogen-bond donors (Lipinski definition) is 0. The first-order valence-electron chi connectivity index (χ1n) is 10.8. The van der Waals surface area contributed by atoms with Crippen LogP contribution in [0, 0.1) is 5.92 Å². The minimum absolute atomic E-state index is 0.226. The predicted molar refractivity (Wildman–Crippen MR) is 113 cm³/mol. The van der Waals surface area contributed by atoms with Crippen molar-refractivity contribution in [3.05, 3.63) is 65.5 Å². The van der Waals surface area contributed by atoms with Crippen LogP contribution in [-0.4, -0.2) is 60.1 Å². The summed E-state index contributed by atoms with van der Waals surface area (Å²) in [5, 5.41) is 0. The molecule has 1 amide bonds. The van der Waals surface area contributed by atoms with Gasteiger partial charge in [0.1, 0.15) is 0 Å². The molecule has 0 saturated carbocycles. The number of carbonyl (C=O) groups excluding carboxylic acids is 1. The quantitative estimate of drug-likeness (QED) is 0.757. The molecule has 2 saturated heterocycles. The second kappa shape index (κ2) is 9.99. The van der Waals surface area contributed by atoms with E-state index < -0.39 is 0 Å². The van der Waals surface area contributed by atoms with Gasteiger partial charge in [0.2, 0.25) is 5.91 Å². The molecule has 0 N–H and O–H groups in total. The van der Waals surface area contributed by atoms with E-state index >= 15 is 0 Å². The first kappa shape index (κ1) is 20.0. The van der Waals surface area contributed by atoms with Crippen LogP contribution in [0.5, 0.6) is 0 Å². The van der Waals surface area contributed by atoms with Gasteiger partial charge < -0.3 is 9.64 Å². The van der Waals surface area contributed by atoms with Crippen molar-refractivity contribution in [2.45, 2.75) is 32.2 Å². The van der Waals surface area contributed by atoms with Crippen LogP contribution >= 0.6 is 0 Å². The number of carbonyl (C=O) groups is 1. The van der Waals surface area contributed by atoms with Crippen LogP contribution in [0.4, 0.5) is 0 Å². The van der Waals surface area contributed by atoms with E-state index in [4.69, 9.17) is 4.74 Å². The summed E-state index contributed by atoms with van der Waals surface area (Å²) in [6.45, 7) is 6.52. The number of pyridine rings is 1. The molecule has 2 aliphatic rings. The molecule has 1 aromatic heterocycles. The van der Waals surface area contributed by atoms with Crippen molar-refractivity contribution in [2.24, 2.45) is 5.92 Å². The van der Waals surface area contributed by atoms with Crippen molar-refractivity contribution in [1.82, 2.24) is 14.8 Å². The van der Waals surface area contributed by atoms with Gasteiger partial charge in [0.25, 0.3) is 0 Å². The lowest BCUT2D eigenvalue weighted by atomic mass is 9.89. The summed E-state index contributed by atoms with van der Waals surface area (Å²) in [6.07, 6.45) is 7.29. The summed E-state index contributed by atoms with van der Waals surface area (Å²) in [6, 6.07) is 13.0. The third-order valence-corrected chi connectivity index (χ3v) is 6.10. The van der Waals surface area contributed by atoms with Gasteiger partial charge in [-0.1, -0.05) is 30.3 Å². The first-order valence-corrected chi connectivity index (χ1v) is 10.8. The topological polar surface area (TPSA) is 45.7 Å². The standard InChI is InChI=1S/C24H31N3O2/c28-24(17-23-2-1-9-25-18-23)27-10-7-21(8-11-27)16-20-3-5-22(6-4-20)19-26-12-14-29-15-13-26/h1-6,9,18,21H,7-8,10-17,19H2. The summed E-state index contributed by atoms with van der Waals surface area (Å²) >= 11 is 0. The van der Waals surface area contributed by atoms with E-state index in [1.165, 1.54) is 11.1 Å². The summed E-state index contributed by atoms with van der Waals surface area (Å²) in [7, 11) is 0. The average molecular weight is 394 g/mol. The maximum Gasteiger partial charge on any atom is 0.227 e. The number of nitrogens with zero attached hydrogens (tertiary/aromatic N) is 3. The molecule has 0 atom stereocenters. The van der Waals surface area contributed by atoms with Crippen LogP contribution in [0.1, 0.15) is 29.5 Å². The van der Waals surface area contributed by atoms with Crippen LogP contribution in [-0.2, 0) is 28.9 Å². The number of rotatable bonds is 6. The number of piperidine rings is 1. The molecule has 5 nitrogen and oxygen atoms in total. The molecule has 0 bridgehead atoms. The summed E-state index contributed by atoms with van der Waals surface area (Å²) in [4.78, 5) is 21.1. The van der Waals surface area contributed by atoms with Gasteiger partial charge in [0.15, 0.2) is 0 Å². The molecular weight excluding hydrogens is 362 g/mol. The van der Waals surface area contributed by atoms with Gasteiger partial charge in [-0.2, -0.15) is 0 Å². The maximum absolute atomic E-state index is 12.5. The van der Waals surface area contributed by atoms with Crippen molar-refractivity contribution in [2.75, 3.05) is 39.4 Å². The Bertz CT molecular complexity index is 764. The molecule has 154 valence electrons. The molecule has 0 spiro atoms. The van der Waals surface area contributed by atoms with Crippen LogP contribution in [0.15, 0.2) is 48.8 Å². The van der Waals surface area contributed by atoms with Crippen LogP contribution in [0.3, 0.4) is 0 Å². The lowest BCUT2D eigenvalue weighted by Crippen LogP contribution is -2.39. The van der Waals surface area contributed by atoms with Crippen LogP contribution in [0.25, 0.3) is 0 Å². The molecule has 29 heavy (non-hydrogen) atoms. The second-order valence-corrected chi connectivity index (χ2v) is 8.27. The third-order valence-electron chi connectivity index (χ3n) is 6.10. The number of likely N-dealkylation sites (tertiary alicyclic amines) is 1. The molecule has 2 fully saturated rings. The zero-order valence-corrected chi connectivity index (χ0v) is 17.1. The monoisotopic (exact) mass is 393 g/mol. The van der Waals surface area contributed by atoms with Gasteiger partial charge in [-0.3, -0.25) is 14.7 Å². The number of amides is 1. The van der Waals surface area contributed by atoms with Gasteiger partial charge in [-0.15, -0.1) is 0 Å². The molecule has 3 heterocycles. The van der Waals surface area contributed by atoms with E-state index in [2.05, 4.69) is 34.1 Å². The highest BCUT2D eigenvalue weighted by molar-refractivity contribution is 5.78. The molecule has 1 aromatic carbocycles. The largest absolute Gasteiger partial charge is 0.379 e. The van der Waals surface area contributed by atoms with Crippen LogP contribution in [0.2, 0.25) is 0 Å². The van der Waals surface area contributed by atoms with Gasteiger partial charge in [0, 0.05) is 45.1 Å². The Morgan fingerprint density at radius 2 is 1.69 bits per heavy atom. The highest BCUT2D eigenvalue weighted by Crippen LogP contribution is 2.23. The highest BCUT2D eigenvalue weighted by Gasteiger charge is 2.23. The second-order valence-electron chi connectivity index (χ2n) is 8.27. The van der Waals surface area contributed by atoms with Gasteiger partial charge in [-0.25, -0.2) is 0 Å². The van der Waals surface area contributed by atoms with E-state index in [1.54, 1.807) is 12.4 Å². The molecule has 0 unspecified atom stereocenters. The van der Waals surface area contributed by atoms with Gasteiger partial charge >= 0.3 is 0 Å². The smallest absolute Gasteiger partial charge is 0.227 e. The minimum Gasteiger partial charge on any atom is -0.379 e. The summed E-state index contributed by atoms with van der Waals surface area (Å²) in [5.74, 6) is 0.895. The van der Waals surface area contributed by atoms with E-state index in [1.807, 2.05) is 17.0 Å². The van der Waals surface area contributed by atoms with E-state index in [0.29, 0.717) is 12.3 Å². The fourth-order valence-corrected chi connectivity index (χ4v) is 4.31. The molecular formula is C24H31N3O2. The van der Waals surface area contributed by atoms with Crippen LogP contribution < -0.4 is 0 Å². The Kier molecular flexibility index (Phi) is 6.91. The molecule has 0 aliphatic carbocycles. The summed E-state index contributed by atoms with van der Waals surface area (Å²) in [5.41, 5.74) is 3.79. The van der Waals surface area contributed by atoms with E-state index in [-0.39, 0.29) is 5.91 Å². The molecule has 4 rings (SSSR count). The number of hydrogen-bond acceptors (Lipinski definition) is 4. The Morgan fingerprint density at radius 3 is 2.38 bits per heavy atom. The van der Waals surface area contributed by atoms with E-state index in [0.717, 1.165) is 70.8 Å². The zero-order chi connectivity index (χ0) is 19.9. The van der Waals surface area contributed by atoms with Crippen molar-refractivity contribution in [3.8, 4) is 0 Å². The van der Waals surface area contributed by atoms with Crippen molar-refractivity contribution < 1.29 is 9.53 Å². The molecule has 2 aromatic rings. The predicted octanol–water partition coefficient (Wildman–Crippen LogP) is 2.94. The van der Waals surface area contributed by atoms with Crippen molar-refractivity contribution >= 4 is 5.91 Å². The first-order chi connectivity index (χ1) is 14.3. The number of morpholine rings is 1. The average Bonchev–Trinajstić information content (AvgIpc) is 2.77. The zero-order valence-electron chi connectivity index (χ0n) is 17.1. The Balaban J connectivity index is 1.21. The van der Waals surface area contributed by atoms with Crippen molar-refractivity contribution in [3.63, 3.8) is 0 Å². The van der Waals surface area contributed by atoms with E-state index in [9.17, 15) is 4.79 Å². The highest BCUT2D eigenvalue weighted by atomic mass is 16.5. The normalized spacial score (nSPS) is 18.7. The third kappa shape index (κ3) is 5.87. The molecule has 5 heteroatoms. The molecule has 2 aliphatic heterocycles. The number of aromatic nitrogens is 1. The number of benzene rings is 1. The fourth-order valence-electron chi connectivity index (χ4n) is 4.31. The van der Waals surface area contributed by atoms with Gasteiger partial charge in [-0.05, 0) is 47.9 Å². The lowest BCUT2D eigenvalue weighted by molar-refractivity contribution is -0.131. The SMILES string of the molecule is O=C(Cc1cccnc1)N1CCC(Cc2ccc(CN3CCOCC3)cc2)CC1. The number of ether oxygens (including phenoxy) is 1. The molecule has 0 radical (unpaired) electrons. The summed E-state index contributed by atoms with van der Waals surface area (Å²) < 4.78 is 5.42. The fraction of sp³-hybridized carbons (Fsp3) is 0.500. The maximum atomic E-state index is 12.5. The van der Waals surface area contributed by atoms with Gasteiger partial charge in [0.05, 0.1) is 19.6 Å². The lowest BCUT2D eigenvalue weighted by Gasteiger charge is -2.32. The van der Waals surface area contributed by atoms with Crippen molar-refractivity contribution in [1.29, 1.82) is 0 Å². The Hall–Kier alpha value is -2.24. The Morgan fingerprint density at radius 1 is 0.966 bits per heavy atom. The minimum atomic E-state index is 0.226.